The Morgan fingerprint density at radius 1 is 1.03 bits per heavy atom. The summed E-state index contributed by atoms with van der Waals surface area (Å²) in [4.78, 5) is 15.3. The van der Waals surface area contributed by atoms with E-state index in [4.69, 9.17) is 5.14 Å². The maximum Gasteiger partial charge on any atom is 0.253 e. The normalized spacial score (nSPS) is 18.4. The van der Waals surface area contributed by atoms with E-state index >= 15 is 0 Å². The van der Waals surface area contributed by atoms with Crippen LogP contribution in [-0.4, -0.2) is 36.9 Å². The largest absolute Gasteiger partial charge is 0.343 e. The Balaban J connectivity index is 1.68. The molecule has 33 heavy (non-hydrogen) atoms. The van der Waals surface area contributed by atoms with E-state index in [9.17, 15) is 13.2 Å². The molecule has 0 radical (unpaired) electrons. The van der Waals surface area contributed by atoms with Crippen LogP contribution in [0.15, 0.2) is 35.2 Å². The molecule has 0 aliphatic heterocycles. The molecule has 0 bridgehead atoms. The van der Waals surface area contributed by atoms with Gasteiger partial charge in [-0.25, -0.2) is 13.6 Å². The number of nitrogens with two attached hydrogens (primary N) is 1. The molecule has 1 heterocycles. The number of benzene rings is 1. The Hall–Kier alpha value is -2.12. The standard InChI is InChI=1S/C26H37N3O3S/c1-19-25(33(27,31)32)17-24(29(19)18-20-10-5-3-6-11-20)21-12-9-13-22(16-21)26(30)28(2)23-14-7-4-8-15-23/h9,12-13,16-17,20,23H,3-8,10-11,14-15,18H2,1-2H3,(H2,27,31,32). The first-order chi connectivity index (χ1) is 15.8. The van der Waals surface area contributed by atoms with E-state index in [0.29, 0.717) is 23.2 Å². The highest BCUT2D eigenvalue weighted by Crippen LogP contribution is 2.33. The van der Waals surface area contributed by atoms with E-state index in [2.05, 4.69) is 4.57 Å². The summed E-state index contributed by atoms with van der Waals surface area (Å²) >= 11 is 0. The average molecular weight is 472 g/mol. The van der Waals surface area contributed by atoms with Gasteiger partial charge in [0, 0.05) is 36.6 Å². The smallest absolute Gasteiger partial charge is 0.253 e. The molecule has 2 saturated carbocycles. The second kappa shape index (κ2) is 10.0. The lowest BCUT2D eigenvalue weighted by Crippen LogP contribution is -2.38. The van der Waals surface area contributed by atoms with Gasteiger partial charge in [-0.1, -0.05) is 50.7 Å². The van der Waals surface area contributed by atoms with Crippen molar-refractivity contribution in [1.29, 1.82) is 0 Å². The molecule has 2 aliphatic rings. The van der Waals surface area contributed by atoms with E-state index in [1.807, 2.05) is 43.1 Å². The minimum atomic E-state index is -3.83. The zero-order valence-electron chi connectivity index (χ0n) is 19.9. The van der Waals surface area contributed by atoms with Crippen molar-refractivity contribution in [3.05, 3.63) is 41.6 Å². The molecule has 1 aromatic heterocycles. The molecule has 7 heteroatoms. The van der Waals surface area contributed by atoms with Crippen molar-refractivity contribution in [2.24, 2.45) is 11.1 Å². The van der Waals surface area contributed by atoms with Gasteiger partial charge in [0.2, 0.25) is 10.0 Å². The summed E-state index contributed by atoms with van der Waals surface area (Å²) in [6.45, 7) is 2.61. The van der Waals surface area contributed by atoms with Gasteiger partial charge in [0.05, 0.1) is 0 Å². The molecule has 0 atom stereocenters. The predicted octanol–water partition coefficient (Wildman–Crippen LogP) is 5.10. The molecule has 0 saturated heterocycles. The fraction of sp³-hybridized carbons (Fsp3) is 0.577. The Kier molecular flexibility index (Phi) is 7.29. The molecule has 180 valence electrons. The number of sulfonamides is 1. The molecule has 2 aromatic rings. The number of carbonyl (C=O) groups excluding carboxylic acids is 1. The van der Waals surface area contributed by atoms with Gasteiger partial charge in [0.15, 0.2) is 0 Å². The van der Waals surface area contributed by atoms with Crippen molar-refractivity contribution >= 4 is 15.9 Å². The van der Waals surface area contributed by atoms with Gasteiger partial charge in [0.1, 0.15) is 4.90 Å². The van der Waals surface area contributed by atoms with Crippen LogP contribution in [0.5, 0.6) is 0 Å². The van der Waals surface area contributed by atoms with Crippen LogP contribution in [0, 0.1) is 12.8 Å². The summed E-state index contributed by atoms with van der Waals surface area (Å²) < 4.78 is 26.7. The Bertz CT molecular complexity index is 1090. The van der Waals surface area contributed by atoms with Gasteiger partial charge in [-0.05, 0) is 62.3 Å². The summed E-state index contributed by atoms with van der Waals surface area (Å²) in [5.41, 5.74) is 2.98. The fourth-order valence-electron chi connectivity index (χ4n) is 5.66. The third-order valence-corrected chi connectivity index (χ3v) is 8.67. The molecule has 2 aliphatic carbocycles. The van der Waals surface area contributed by atoms with Crippen LogP contribution < -0.4 is 5.14 Å². The quantitative estimate of drug-likeness (QED) is 0.636. The first kappa shape index (κ1) is 24.0. The van der Waals surface area contributed by atoms with Crippen LogP contribution in [0.25, 0.3) is 11.3 Å². The SMILES string of the molecule is Cc1c(S(N)(=O)=O)cc(-c2cccc(C(=O)N(C)C3CCCCC3)c2)n1CC1CCCCC1. The van der Waals surface area contributed by atoms with Crippen LogP contribution in [0.1, 0.15) is 80.3 Å². The monoisotopic (exact) mass is 471 g/mol. The Labute approximate surface area is 198 Å². The first-order valence-electron chi connectivity index (χ1n) is 12.4. The third-order valence-electron chi connectivity index (χ3n) is 7.64. The van der Waals surface area contributed by atoms with Crippen molar-refractivity contribution in [1.82, 2.24) is 9.47 Å². The third kappa shape index (κ3) is 5.35. The minimum Gasteiger partial charge on any atom is -0.343 e. The molecule has 6 nitrogen and oxygen atoms in total. The lowest BCUT2D eigenvalue weighted by molar-refractivity contribution is 0.0696. The molecule has 0 spiro atoms. The molecule has 4 rings (SSSR count). The number of nitrogens with zero attached hydrogens (tertiary/aromatic N) is 2. The predicted molar refractivity (Wildman–Crippen MR) is 132 cm³/mol. The Morgan fingerprint density at radius 3 is 2.30 bits per heavy atom. The van der Waals surface area contributed by atoms with E-state index < -0.39 is 10.0 Å². The zero-order chi connectivity index (χ0) is 23.6. The maximum absolute atomic E-state index is 13.3. The molecule has 2 fully saturated rings. The molecule has 2 N–H and O–H groups in total. The highest BCUT2D eigenvalue weighted by Gasteiger charge is 2.26. The fourth-order valence-corrected chi connectivity index (χ4v) is 6.46. The molecular formula is C26H37N3O3S. The van der Waals surface area contributed by atoms with Crippen LogP contribution >= 0.6 is 0 Å². The van der Waals surface area contributed by atoms with Crippen LogP contribution in [-0.2, 0) is 16.6 Å². The molecule has 1 aromatic carbocycles. The minimum absolute atomic E-state index is 0.0255. The van der Waals surface area contributed by atoms with Crippen LogP contribution in [0.2, 0.25) is 0 Å². The first-order valence-corrected chi connectivity index (χ1v) is 13.9. The van der Waals surface area contributed by atoms with Gasteiger partial charge in [-0.2, -0.15) is 0 Å². The molecular weight excluding hydrogens is 434 g/mol. The highest BCUT2D eigenvalue weighted by atomic mass is 32.2. The van der Waals surface area contributed by atoms with Gasteiger partial charge in [0.25, 0.3) is 5.91 Å². The molecule has 1 amide bonds. The summed E-state index contributed by atoms with van der Waals surface area (Å²) in [6.07, 6.45) is 11.7. The number of hydrogen-bond acceptors (Lipinski definition) is 3. The summed E-state index contributed by atoms with van der Waals surface area (Å²) in [5, 5.41) is 5.55. The lowest BCUT2D eigenvalue weighted by Gasteiger charge is -2.31. The van der Waals surface area contributed by atoms with Crippen molar-refractivity contribution in [2.45, 2.75) is 88.6 Å². The summed E-state index contributed by atoms with van der Waals surface area (Å²) in [5.74, 6) is 0.553. The van der Waals surface area contributed by atoms with Crippen molar-refractivity contribution < 1.29 is 13.2 Å². The van der Waals surface area contributed by atoms with Gasteiger partial charge in [-0.3, -0.25) is 4.79 Å². The van der Waals surface area contributed by atoms with Crippen LogP contribution in [0.3, 0.4) is 0 Å². The zero-order valence-corrected chi connectivity index (χ0v) is 20.7. The number of amides is 1. The second-order valence-electron chi connectivity index (χ2n) is 9.93. The number of hydrogen-bond donors (Lipinski definition) is 1. The number of primary sulfonamides is 1. The Morgan fingerprint density at radius 2 is 1.67 bits per heavy atom. The van der Waals surface area contributed by atoms with E-state index in [1.165, 1.54) is 38.5 Å². The van der Waals surface area contributed by atoms with Gasteiger partial charge < -0.3 is 9.47 Å². The summed E-state index contributed by atoms with van der Waals surface area (Å²) in [6, 6.07) is 9.58. The number of aromatic nitrogens is 1. The maximum atomic E-state index is 13.3. The topological polar surface area (TPSA) is 85.4 Å². The molecule has 0 unspecified atom stereocenters. The van der Waals surface area contributed by atoms with Gasteiger partial charge >= 0.3 is 0 Å². The van der Waals surface area contributed by atoms with E-state index in [-0.39, 0.29) is 10.8 Å². The van der Waals surface area contributed by atoms with Crippen molar-refractivity contribution in [3.8, 4) is 11.3 Å². The number of rotatable bonds is 6. The van der Waals surface area contributed by atoms with Crippen molar-refractivity contribution in [3.63, 3.8) is 0 Å². The van der Waals surface area contributed by atoms with Crippen LogP contribution in [0.4, 0.5) is 0 Å². The summed E-state index contributed by atoms with van der Waals surface area (Å²) in [7, 11) is -1.93. The van der Waals surface area contributed by atoms with E-state index in [0.717, 1.165) is 43.5 Å². The van der Waals surface area contributed by atoms with Gasteiger partial charge in [-0.15, -0.1) is 0 Å². The second-order valence-corrected chi connectivity index (χ2v) is 11.5. The lowest BCUT2D eigenvalue weighted by atomic mass is 9.89. The number of carbonyl (C=O) groups is 1. The highest BCUT2D eigenvalue weighted by molar-refractivity contribution is 7.89. The van der Waals surface area contributed by atoms with E-state index in [1.54, 1.807) is 6.07 Å². The van der Waals surface area contributed by atoms with Crippen molar-refractivity contribution in [2.75, 3.05) is 7.05 Å². The average Bonchev–Trinajstić information content (AvgIpc) is 3.16.